The molecule has 0 radical (unpaired) electrons. The van der Waals surface area contributed by atoms with Crippen LogP contribution < -0.4 is 5.32 Å². The lowest BCUT2D eigenvalue weighted by atomic mass is 10.2. The summed E-state index contributed by atoms with van der Waals surface area (Å²) in [7, 11) is 1.69. The molecular weight excluding hydrogens is 292 g/mol. The van der Waals surface area contributed by atoms with E-state index in [0.717, 1.165) is 10.5 Å². The van der Waals surface area contributed by atoms with Crippen molar-refractivity contribution in [1.29, 1.82) is 0 Å². The van der Waals surface area contributed by atoms with Crippen LogP contribution in [-0.4, -0.2) is 38.7 Å². The molecule has 2 aromatic rings. The minimum Gasteiger partial charge on any atom is -0.331 e. The number of nitrogens with zero attached hydrogens (tertiary/aromatic N) is 4. The zero-order chi connectivity index (χ0) is 15.9. The topological polar surface area (TPSA) is 63.1 Å². The predicted molar refractivity (Wildman–Crippen MR) is 76.1 cm³/mol. The second-order valence-corrected chi connectivity index (χ2v) is 4.72. The van der Waals surface area contributed by atoms with E-state index in [9.17, 15) is 13.6 Å². The molecule has 1 N–H and O–H groups in total. The van der Waals surface area contributed by atoms with Crippen LogP contribution in [0.2, 0.25) is 0 Å². The van der Waals surface area contributed by atoms with Gasteiger partial charge >= 0.3 is 6.03 Å². The Hall–Kier alpha value is -2.51. The first-order valence-corrected chi connectivity index (χ1v) is 6.74. The van der Waals surface area contributed by atoms with E-state index in [-0.39, 0.29) is 13.1 Å². The van der Waals surface area contributed by atoms with E-state index in [0.29, 0.717) is 5.82 Å². The Labute approximate surface area is 126 Å². The average Bonchev–Trinajstić information content (AvgIpc) is 2.90. The highest BCUT2D eigenvalue weighted by Crippen LogP contribution is 2.07. The first kappa shape index (κ1) is 15.9. The molecule has 118 valence electrons. The second kappa shape index (κ2) is 7.48. The summed E-state index contributed by atoms with van der Waals surface area (Å²) >= 11 is 0. The number of urea groups is 1. The van der Waals surface area contributed by atoms with E-state index in [1.807, 2.05) is 6.07 Å². The summed E-state index contributed by atoms with van der Waals surface area (Å²) in [5.74, 6) is 0.546. The number of nitrogens with one attached hydrogen (secondary N) is 1. The van der Waals surface area contributed by atoms with Crippen LogP contribution in [0.4, 0.5) is 13.6 Å². The van der Waals surface area contributed by atoms with Crippen molar-refractivity contribution in [3.05, 3.63) is 48.0 Å². The first-order chi connectivity index (χ1) is 10.6. The van der Waals surface area contributed by atoms with Crippen molar-refractivity contribution in [1.82, 2.24) is 25.0 Å². The van der Waals surface area contributed by atoms with Crippen molar-refractivity contribution in [2.24, 2.45) is 7.05 Å². The second-order valence-electron chi connectivity index (χ2n) is 4.72. The maximum absolute atomic E-state index is 12.7. The Kier molecular flexibility index (Phi) is 5.40. The van der Waals surface area contributed by atoms with Crippen LogP contribution in [0.25, 0.3) is 0 Å². The molecule has 1 heterocycles. The van der Waals surface area contributed by atoms with E-state index in [1.54, 1.807) is 31.3 Å². The van der Waals surface area contributed by atoms with Gasteiger partial charge in [0.25, 0.3) is 6.43 Å². The lowest BCUT2D eigenvalue weighted by molar-refractivity contribution is 0.0955. The van der Waals surface area contributed by atoms with Crippen LogP contribution in [0.5, 0.6) is 0 Å². The molecule has 0 bridgehead atoms. The molecule has 0 saturated carbocycles. The van der Waals surface area contributed by atoms with Gasteiger partial charge in [-0.05, 0) is 5.56 Å². The molecule has 0 aliphatic carbocycles. The highest BCUT2D eigenvalue weighted by Gasteiger charge is 2.18. The van der Waals surface area contributed by atoms with Gasteiger partial charge in [0, 0.05) is 13.6 Å². The summed E-state index contributed by atoms with van der Waals surface area (Å²) in [5.41, 5.74) is 0.789. The number of rotatable bonds is 6. The maximum atomic E-state index is 12.7. The Bertz CT molecular complexity index is 602. The number of amides is 2. The molecule has 0 aliphatic rings. The van der Waals surface area contributed by atoms with Crippen molar-refractivity contribution < 1.29 is 13.6 Å². The van der Waals surface area contributed by atoms with E-state index >= 15 is 0 Å². The first-order valence-electron chi connectivity index (χ1n) is 6.74. The monoisotopic (exact) mass is 309 g/mol. The highest BCUT2D eigenvalue weighted by atomic mass is 19.3. The van der Waals surface area contributed by atoms with Crippen LogP contribution >= 0.6 is 0 Å². The van der Waals surface area contributed by atoms with Crippen LogP contribution in [0, 0.1) is 0 Å². The molecule has 0 fully saturated rings. The summed E-state index contributed by atoms with van der Waals surface area (Å²) in [6, 6.07) is 8.44. The summed E-state index contributed by atoms with van der Waals surface area (Å²) in [6.07, 6.45) is -1.23. The average molecular weight is 309 g/mol. The number of alkyl halides is 2. The van der Waals surface area contributed by atoms with Crippen LogP contribution in [0.3, 0.4) is 0 Å². The summed E-state index contributed by atoms with van der Waals surface area (Å²) in [5, 5.41) is 6.46. The smallest absolute Gasteiger partial charge is 0.318 e. The Morgan fingerprint density at radius 3 is 2.68 bits per heavy atom. The van der Waals surface area contributed by atoms with Gasteiger partial charge in [-0.1, -0.05) is 30.3 Å². The molecule has 2 rings (SSSR count). The van der Waals surface area contributed by atoms with Gasteiger partial charge in [-0.2, -0.15) is 5.10 Å². The zero-order valence-corrected chi connectivity index (χ0v) is 12.1. The quantitative estimate of drug-likeness (QED) is 0.885. The number of aryl methyl sites for hydroxylation is 1. The summed E-state index contributed by atoms with van der Waals surface area (Å²) in [4.78, 5) is 17.2. The fraction of sp³-hybridized carbons (Fsp3) is 0.357. The summed E-state index contributed by atoms with van der Waals surface area (Å²) < 4.78 is 26.9. The van der Waals surface area contributed by atoms with Gasteiger partial charge in [0.2, 0.25) is 0 Å². The standard InChI is InChI=1S/C14H17F2N5O/c1-20-13(18-10-19-20)7-17-14(22)21(9-12(15)16)8-11-5-3-2-4-6-11/h2-6,10,12H,7-9H2,1H3,(H,17,22). The van der Waals surface area contributed by atoms with Crippen LogP contribution in [-0.2, 0) is 20.1 Å². The van der Waals surface area contributed by atoms with E-state index < -0.39 is 19.0 Å². The number of hydrogen-bond acceptors (Lipinski definition) is 3. The number of hydrogen-bond donors (Lipinski definition) is 1. The van der Waals surface area contributed by atoms with Crippen molar-refractivity contribution in [2.45, 2.75) is 19.5 Å². The van der Waals surface area contributed by atoms with Crippen molar-refractivity contribution in [3.8, 4) is 0 Å². The molecule has 22 heavy (non-hydrogen) atoms. The molecule has 2 amide bonds. The van der Waals surface area contributed by atoms with Crippen LogP contribution in [0.15, 0.2) is 36.7 Å². The number of carbonyl (C=O) groups excluding carboxylic acids is 1. The largest absolute Gasteiger partial charge is 0.331 e. The normalized spacial score (nSPS) is 10.7. The number of aromatic nitrogens is 3. The van der Waals surface area contributed by atoms with Gasteiger partial charge in [-0.15, -0.1) is 0 Å². The summed E-state index contributed by atoms with van der Waals surface area (Å²) in [6.45, 7) is -0.376. The molecule has 6 nitrogen and oxygen atoms in total. The zero-order valence-electron chi connectivity index (χ0n) is 12.1. The predicted octanol–water partition coefficient (Wildman–Crippen LogP) is 1.79. The SMILES string of the molecule is Cn1ncnc1CNC(=O)N(Cc1ccccc1)CC(F)F. The fourth-order valence-electron chi connectivity index (χ4n) is 1.94. The molecule has 0 unspecified atom stereocenters. The van der Waals surface area contributed by atoms with Gasteiger partial charge in [0.1, 0.15) is 12.2 Å². The van der Waals surface area contributed by atoms with E-state index in [1.165, 1.54) is 11.0 Å². The molecule has 0 saturated heterocycles. The van der Waals surface area contributed by atoms with Gasteiger partial charge in [-0.25, -0.2) is 18.6 Å². The lowest BCUT2D eigenvalue weighted by Gasteiger charge is -2.22. The van der Waals surface area contributed by atoms with Crippen molar-refractivity contribution in [2.75, 3.05) is 6.54 Å². The van der Waals surface area contributed by atoms with Gasteiger partial charge in [0.05, 0.1) is 13.1 Å². The van der Waals surface area contributed by atoms with Gasteiger partial charge in [0.15, 0.2) is 0 Å². The third-order valence-electron chi connectivity index (χ3n) is 3.06. The molecule has 8 heteroatoms. The van der Waals surface area contributed by atoms with Gasteiger partial charge < -0.3 is 10.2 Å². The minimum atomic E-state index is -2.59. The molecule has 0 atom stereocenters. The molecular formula is C14H17F2N5O. The molecule has 1 aromatic heterocycles. The molecule has 1 aromatic carbocycles. The Balaban J connectivity index is 1.98. The third-order valence-corrected chi connectivity index (χ3v) is 3.06. The van der Waals surface area contributed by atoms with Gasteiger partial charge in [-0.3, -0.25) is 4.68 Å². The lowest BCUT2D eigenvalue weighted by Crippen LogP contribution is -2.42. The maximum Gasteiger partial charge on any atom is 0.318 e. The number of halogens is 2. The minimum absolute atomic E-state index is 0.121. The van der Waals surface area contributed by atoms with Crippen LogP contribution in [0.1, 0.15) is 11.4 Å². The number of carbonyl (C=O) groups is 1. The Morgan fingerprint density at radius 2 is 2.09 bits per heavy atom. The van der Waals surface area contributed by atoms with Crippen molar-refractivity contribution >= 4 is 6.03 Å². The third kappa shape index (κ3) is 4.51. The van der Waals surface area contributed by atoms with E-state index in [4.69, 9.17) is 0 Å². The Morgan fingerprint density at radius 1 is 1.36 bits per heavy atom. The molecule has 0 aliphatic heterocycles. The highest BCUT2D eigenvalue weighted by molar-refractivity contribution is 5.74. The number of benzene rings is 1. The van der Waals surface area contributed by atoms with E-state index in [2.05, 4.69) is 15.4 Å². The fourth-order valence-corrected chi connectivity index (χ4v) is 1.94. The van der Waals surface area contributed by atoms with Crippen molar-refractivity contribution in [3.63, 3.8) is 0 Å². The molecule has 0 spiro atoms.